The van der Waals surface area contributed by atoms with Crippen molar-refractivity contribution in [1.29, 1.82) is 0 Å². The molecule has 4 nitrogen and oxygen atoms in total. The molecule has 1 aromatic carbocycles. The van der Waals surface area contributed by atoms with E-state index in [1.165, 1.54) is 0 Å². The fourth-order valence-electron chi connectivity index (χ4n) is 1.98. The molecule has 0 heterocycles. The predicted octanol–water partition coefficient (Wildman–Crippen LogP) is -0.280. The van der Waals surface area contributed by atoms with Gasteiger partial charge in [-0.1, -0.05) is 24.3 Å². The molecule has 1 aromatic rings. The quantitative estimate of drug-likeness (QED) is 0.623. The highest BCUT2D eigenvalue weighted by Crippen LogP contribution is 2.30. The minimum Gasteiger partial charge on any atom is -0.390 e. The number of hydrogen-bond acceptors (Lipinski definition) is 3. The van der Waals surface area contributed by atoms with Crippen LogP contribution >= 0.6 is 0 Å². The molecule has 15 heavy (non-hydrogen) atoms. The summed E-state index contributed by atoms with van der Waals surface area (Å²) in [6.45, 7) is -0.0502. The first-order valence-corrected chi connectivity index (χ1v) is 4.97. The van der Waals surface area contributed by atoms with E-state index in [4.69, 9.17) is 5.73 Å². The van der Waals surface area contributed by atoms with E-state index in [1.807, 2.05) is 24.3 Å². The van der Waals surface area contributed by atoms with E-state index in [1.54, 1.807) is 0 Å². The number of benzene rings is 1. The molecular formula is C11H14N2O2. The van der Waals surface area contributed by atoms with Gasteiger partial charge in [-0.3, -0.25) is 4.79 Å². The largest absolute Gasteiger partial charge is 0.390 e. The van der Waals surface area contributed by atoms with Crippen LogP contribution in [0.25, 0.3) is 0 Å². The van der Waals surface area contributed by atoms with E-state index >= 15 is 0 Å². The fraction of sp³-hybridized carbons (Fsp3) is 0.364. The molecule has 1 amide bonds. The number of hydrogen-bond donors (Lipinski definition) is 3. The Labute approximate surface area is 88.1 Å². The van der Waals surface area contributed by atoms with Gasteiger partial charge in [0.25, 0.3) is 0 Å². The summed E-state index contributed by atoms with van der Waals surface area (Å²) >= 11 is 0. The summed E-state index contributed by atoms with van der Waals surface area (Å²) in [5, 5.41) is 12.5. The van der Waals surface area contributed by atoms with Crippen LogP contribution in [-0.2, 0) is 11.2 Å². The summed E-state index contributed by atoms with van der Waals surface area (Å²) in [6, 6.07) is 7.41. The molecule has 1 aliphatic rings. The lowest BCUT2D eigenvalue weighted by atomic mass is 10.1. The molecule has 0 fully saturated rings. The van der Waals surface area contributed by atoms with E-state index < -0.39 is 6.10 Å². The van der Waals surface area contributed by atoms with Crippen LogP contribution in [0.1, 0.15) is 17.2 Å². The van der Waals surface area contributed by atoms with Crippen LogP contribution in [0, 0.1) is 0 Å². The van der Waals surface area contributed by atoms with Crippen molar-refractivity contribution in [1.82, 2.24) is 5.32 Å². The number of carbonyl (C=O) groups is 1. The summed E-state index contributed by atoms with van der Waals surface area (Å²) in [6.07, 6.45) is 0.0454. The highest BCUT2D eigenvalue weighted by molar-refractivity contribution is 5.78. The van der Waals surface area contributed by atoms with Crippen molar-refractivity contribution in [3.8, 4) is 0 Å². The van der Waals surface area contributed by atoms with Crippen LogP contribution in [0.2, 0.25) is 0 Å². The van der Waals surface area contributed by atoms with Crippen LogP contribution in [-0.4, -0.2) is 23.7 Å². The van der Waals surface area contributed by atoms with Crippen LogP contribution in [0.3, 0.4) is 0 Å². The molecular weight excluding hydrogens is 192 g/mol. The molecule has 4 heteroatoms. The van der Waals surface area contributed by atoms with Gasteiger partial charge >= 0.3 is 0 Å². The Balaban J connectivity index is 2.22. The first kappa shape index (κ1) is 10.1. The molecule has 0 unspecified atom stereocenters. The van der Waals surface area contributed by atoms with Gasteiger partial charge in [0.05, 0.1) is 18.7 Å². The molecule has 80 valence electrons. The SMILES string of the molecule is NCC(=O)N[C@@H]1c2ccccc2C[C@@H]1O. The zero-order valence-corrected chi connectivity index (χ0v) is 8.31. The molecule has 0 saturated heterocycles. The van der Waals surface area contributed by atoms with Crippen molar-refractivity contribution in [2.24, 2.45) is 5.73 Å². The van der Waals surface area contributed by atoms with Crippen LogP contribution < -0.4 is 11.1 Å². The zero-order chi connectivity index (χ0) is 10.8. The summed E-state index contributed by atoms with van der Waals surface area (Å²) in [7, 11) is 0. The molecule has 0 radical (unpaired) electrons. The average Bonchev–Trinajstić information content (AvgIpc) is 2.55. The minimum atomic E-state index is -0.544. The third-order valence-electron chi connectivity index (χ3n) is 2.71. The predicted molar refractivity (Wildman–Crippen MR) is 56.1 cm³/mol. The van der Waals surface area contributed by atoms with Crippen LogP contribution in [0.15, 0.2) is 24.3 Å². The van der Waals surface area contributed by atoms with Gasteiger partial charge in [-0.25, -0.2) is 0 Å². The lowest BCUT2D eigenvalue weighted by molar-refractivity contribution is -0.121. The van der Waals surface area contributed by atoms with Gasteiger partial charge in [0.2, 0.25) is 5.91 Å². The van der Waals surface area contributed by atoms with Crippen molar-refractivity contribution in [3.05, 3.63) is 35.4 Å². The van der Waals surface area contributed by atoms with Crippen molar-refractivity contribution in [3.63, 3.8) is 0 Å². The third kappa shape index (κ3) is 1.86. The fourth-order valence-corrected chi connectivity index (χ4v) is 1.98. The maximum Gasteiger partial charge on any atom is 0.234 e. The molecule has 2 atom stereocenters. The number of carbonyl (C=O) groups excluding carboxylic acids is 1. The first-order valence-electron chi connectivity index (χ1n) is 4.97. The van der Waals surface area contributed by atoms with Gasteiger partial charge in [0.1, 0.15) is 0 Å². The van der Waals surface area contributed by atoms with Gasteiger partial charge in [0, 0.05) is 6.42 Å². The number of aliphatic hydroxyl groups is 1. The lowest BCUT2D eigenvalue weighted by Gasteiger charge is -2.17. The zero-order valence-electron chi connectivity index (χ0n) is 8.31. The molecule has 2 rings (SSSR count). The van der Waals surface area contributed by atoms with Gasteiger partial charge in [-0.15, -0.1) is 0 Å². The first-order chi connectivity index (χ1) is 7.22. The monoisotopic (exact) mass is 206 g/mol. The number of nitrogens with two attached hydrogens (primary N) is 1. The van der Waals surface area contributed by atoms with Crippen molar-refractivity contribution >= 4 is 5.91 Å². The number of rotatable bonds is 2. The second-order valence-corrected chi connectivity index (χ2v) is 3.72. The summed E-state index contributed by atoms with van der Waals surface area (Å²) in [5.74, 6) is -0.240. The molecule has 0 aromatic heterocycles. The van der Waals surface area contributed by atoms with E-state index in [2.05, 4.69) is 5.32 Å². The maximum atomic E-state index is 11.2. The smallest absolute Gasteiger partial charge is 0.234 e. The second-order valence-electron chi connectivity index (χ2n) is 3.72. The van der Waals surface area contributed by atoms with Crippen molar-refractivity contribution in [2.45, 2.75) is 18.6 Å². The van der Waals surface area contributed by atoms with Crippen molar-refractivity contribution in [2.75, 3.05) is 6.54 Å². The molecule has 0 aliphatic heterocycles. The Morgan fingerprint density at radius 3 is 3.00 bits per heavy atom. The summed E-state index contributed by atoms with van der Waals surface area (Å²) in [5.41, 5.74) is 7.30. The van der Waals surface area contributed by atoms with E-state index in [-0.39, 0.29) is 18.5 Å². The molecule has 0 spiro atoms. The van der Waals surface area contributed by atoms with Gasteiger partial charge in [-0.05, 0) is 11.1 Å². The summed E-state index contributed by atoms with van der Waals surface area (Å²) in [4.78, 5) is 11.2. The number of nitrogens with one attached hydrogen (secondary N) is 1. The van der Waals surface area contributed by atoms with E-state index in [0.717, 1.165) is 11.1 Å². The van der Waals surface area contributed by atoms with Gasteiger partial charge in [0.15, 0.2) is 0 Å². The average molecular weight is 206 g/mol. The topological polar surface area (TPSA) is 75.4 Å². The Morgan fingerprint density at radius 1 is 1.53 bits per heavy atom. The highest BCUT2D eigenvalue weighted by Gasteiger charge is 2.31. The molecule has 0 bridgehead atoms. The normalized spacial score (nSPS) is 23.6. The minimum absolute atomic E-state index is 0.0502. The third-order valence-corrected chi connectivity index (χ3v) is 2.71. The Morgan fingerprint density at radius 2 is 2.27 bits per heavy atom. The standard InChI is InChI=1S/C11H14N2O2/c12-6-10(15)13-11-8-4-2-1-3-7(8)5-9(11)14/h1-4,9,11,14H,5-6,12H2,(H,13,15)/t9-,11+/m0/s1. The van der Waals surface area contributed by atoms with E-state index in [0.29, 0.717) is 6.42 Å². The van der Waals surface area contributed by atoms with Crippen LogP contribution in [0.5, 0.6) is 0 Å². The Hall–Kier alpha value is -1.39. The lowest BCUT2D eigenvalue weighted by Crippen LogP contribution is -2.37. The number of amides is 1. The van der Waals surface area contributed by atoms with Gasteiger partial charge in [-0.2, -0.15) is 0 Å². The second kappa shape index (κ2) is 4.00. The van der Waals surface area contributed by atoms with Crippen LogP contribution in [0.4, 0.5) is 0 Å². The van der Waals surface area contributed by atoms with Crippen molar-refractivity contribution < 1.29 is 9.90 Å². The van der Waals surface area contributed by atoms with Gasteiger partial charge < -0.3 is 16.2 Å². The Kier molecular flexibility index (Phi) is 2.70. The molecule has 1 aliphatic carbocycles. The number of aliphatic hydroxyl groups excluding tert-OH is 1. The van der Waals surface area contributed by atoms with E-state index in [9.17, 15) is 9.90 Å². The summed E-state index contributed by atoms with van der Waals surface area (Å²) < 4.78 is 0. The molecule has 4 N–H and O–H groups in total. The molecule has 0 saturated carbocycles. The Bertz CT molecular complexity index is 379. The number of fused-ring (bicyclic) bond motifs is 1. The highest BCUT2D eigenvalue weighted by atomic mass is 16.3. The maximum absolute atomic E-state index is 11.2.